The predicted octanol–water partition coefficient (Wildman–Crippen LogP) is 2.35. The zero-order chi connectivity index (χ0) is 15.2. The van der Waals surface area contributed by atoms with Crippen LogP contribution >= 0.6 is 11.6 Å². The summed E-state index contributed by atoms with van der Waals surface area (Å²) in [6, 6.07) is 0. The van der Waals surface area contributed by atoms with Crippen molar-refractivity contribution in [3.8, 4) is 0 Å². The molecule has 21 heavy (non-hydrogen) atoms. The molecule has 7 heteroatoms. The molecule has 0 fully saturated rings. The standard InChI is InChI=1S/C14H19ClN6/c1-9-11(15)17-13(14(2,3)4)18-12(9)20-5-6-21-8-16-19-10(21)7-20/h8H,5-7H2,1-4H3. The second kappa shape index (κ2) is 4.94. The molecule has 0 aliphatic carbocycles. The van der Waals surface area contributed by atoms with Crippen LogP contribution in [0.4, 0.5) is 5.82 Å². The van der Waals surface area contributed by atoms with Gasteiger partial charge in [0.15, 0.2) is 5.82 Å². The number of nitrogens with zero attached hydrogens (tertiary/aromatic N) is 6. The first-order chi connectivity index (χ1) is 9.86. The lowest BCUT2D eigenvalue weighted by atomic mass is 9.95. The Kier molecular flexibility index (Phi) is 3.36. The minimum atomic E-state index is -0.137. The highest BCUT2D eigenvalue weighted by molar-refractivity contribution is 6.30. The highest BCUT2D eigenvalue weighted by atomic mass is 35.5. The average Bonchev–Trinajstić information content (AvgIpc) is 2.87. The molecule has 0 saturated carbocycles. The number of hydrogen-bond acceptors (Lipinski definition) is 5. The van der Waals surface area contributed by atoms with E-state index in [4.69, 9.17) is 16.6 Å². The van der Waals surface area contributed by atoms with Crippen LogP contribution in [0.15, 0.2) is 6.33 Å². The molecule has 1 aliphatic heterocycles. The third kappa shape index (κ3) is 2.60. The van der Waals surface area contributed by atoms with Gasteiger partial charge in [-0.2, -0.15) is 0 Å². The molecule has 2 aromatic rings. The van der Waals surface area contributed by atoms with Crippen LogP contribution in [0.25, 0.3) is 0 Å². The van der Waals surface area contributed by atoms with Crippen LogP contribution in [0.2, 0.25) is 5.15 Å². The van der Waals surface area contributed by atoms with Crippen molar-refractivity contribution in [1.82, 2.24) is 24.7 Å². The van der Waals surface area contributed by atoms with E-state index in [1.54, 1.807) is 6.33 Å². The zero-order valence-corrected chi connectivity index (χ0v) is 13.5. The van der Waals surface area contributed by atoms with Gasteiger partial charge in [-0.1, -0.05) is 32.4 Å². The molecule has 0 N–H and O–H groups in total. The largest absolute Gasteiger partial charge is 0.347 e. The Balaban J connectivity index is 2.01. The van der Waals surface area contributed by atoms with Crippen molar-refractivity contribution in [2.75, 3.05) is 11.4 Å². The van der Waals surface area contributed by atoms with Crippen LogP contribution in [0.1, 0.15) is 38.0 Å². The van der Waals surface area contributed by atoms with Gasteiger partial charge in [0.2, 0.25) is 0 Å². The van der Waals surface area contributed by atoms with Crippen molar-refractivity contribution in [3.05, 3.63) is 28.7 Å². The van der Waals surface area contributed by atoms with Gasteiger partial charge in [0.05, 0.1) is 6.54 Å². The number of aromatic nitrogens is 5. The summed E-state index contributed by atoms with van der Waals surface area (Å²) < 4.78 is 2.07. The first-order valence-corrected chi connectivity index (χ1v) is 7.40. The Morgan fingerprint density at radius 3 is 2.67 bits per heavy atom. The summed E-state index contributed by atoms with van der Waals surface area (Å²) in [7, 11) is 0. The van der Waals surface area contributed by atoms with Crippen LogP contribution < -0.4 is 4.90 Å². The highest BCUT2D eigenvalue weighted by Crippen LogP contribution is 2.29. The minimum Gasteiger partial charge on any atom is -0.347 e. The van der Waals surface area contributed by atoms with Gasteiger partial charge in [0.1, 0.15) is 23.1 Å². The summed E-state index contributed by atoms with van der Waals surface area (Å²) in [6.45, 7) is 10.6. The molecule has 0 unspecified atom stereocenters. The fraction of sp³-hybridized carbons (Fsp3) is 0.571. The van der Waals surface area contributed by atoms with E-state index in [2.05, 4.69) is 45.4 Å². The van der Waals surface area contributed by atoms with E-state index < -0.39 is 0 Å². The molecule has 0 radical (unpaired) electrons. The summed E-state index contributed by atoms with van der Waals surface area (Å²) in [6.07, 6.45) is 1.77. The number of rotatable bonds is 1. The SMILES string of the molecule is Cc1c(Cl)nc(C(C)(C)C)nc1N1CCn2cnnc2C1. The summed E-state index contributed by atoms with van der Waals surface area (Å²) >= 11 is 6.31. The fourth-order valence-electron chi connectivity index (χ4n) is 2.37. The number of fused-ring (bicyclic) bond motifs is 1. The molecule has 2 aromatic heterocycles. The van der Waals surface area contributed by atoms with Gasteiger partial charge in [0.25, 0.3) is 0 Å². The van der Waals surface area contributed by atoms with Crippen LogP contribution in [0.5, 0.6) is 0 Å². The summed E-state index contributed by atoms with van der Waals surface area (Å²) in [4.78, 5) is 11.4. The molecule has 0 bridgehead atoms. The van der Waals surface area contributed by atoms with E-state index in [1.165, 1.54) is 0 Å². The zero-order valence-electron chi connectivity index (χ0n) is 12.8. The van der Waals surface area contributed by atoms with Crippen LogP contribution in [-0.4, -0.2) is 31.3 Å². The summed E-state index contributed by atoms with van der Waals surface area (Å²) in [5, 5.41) is 8.63. The minimum absolute atomic E-state index is 0.137. The van der Waals surface area contributed by atoms with E-state index >= 15 is 0 Å². The van der Waals surface area contributed by atoms with Gasteiger partial charge in [0, 0.05) is 24.1 Å². The van der Waals surface area contributed by atoms with Crippen LogP contribution in [0.3, 0.4) is 0 Å². The third-order valence-corrected chi connectivity index (χ3v) is 4.04. The molecule has 0 amide bonds. The molecule has 0 spiro atoms. The quantitative estimate of drug-likeness (QED) is 0.757. The highest BCUT2D eigenvalue weighted by Gasteiger charge is 2.25. The van der Waals surface area contributed by atoms with Crippen molar-refractivity contribution < 1.29 is 0 Å². The van der Waals surface area contributed by atoms with Gasteiger partial charge in [-0.15, -0.1) is 10.2 Å². The van der Waals surface area contributed by atoms with Gasteiger partial charge in [-0.25, -0.2) is 9.97 Å². The maximum Gasteiger partial charge on any atom is 0.152 e. The molecule has 1 aliphatic rings. The monoisotopic (exact) mass is 306 g/mol. The maximum absolute atomic E-state index is 6.31. The summed E-state index contributed by atoms with van der Waals surface area (Å²) in [5.41, 5.74) is 0.777. The third-order valence-electron chi connectivity index (χ3n) is 3.67. The predicted molar refractivity (Wildman–Crippen MR) is 81.6 cm³/mol. The second-order valence-electron chi connectivity index (χ2n) is 6.40. The lowest BCUT2D eigenvalue weighted by molar-refractivity contribution is 0.530. The Bertz CT molecular complexity index is 673. The molecular weight excluding hydrogens is 288 g/mol. The van der Waals surface area contributed by atoms with Crippen molar-refractivity contribution >= 4 is 17.4 Å². The number of hydrogen-bond donors (Lipinski definition) is 0. The van der Waals surface area contributed by atoms with E-state index in [0.29, 0.717) is 11.7 Å². The first kappa shape index (κ1) is 14.3. The fourth-order valence-corrected chi connectivity index (χ4v) is 2.53. The first-order valence-electron chi connectivity index (χ1n) is 7.02. The second-order valence-corrected chi connectivity index (χ2v) is 6.76. The summed E-state index contributed by atoms with van der Waals surface area (Å²) in [5.74, 6) is 2.61. The maximum atomic E-state index is 6.31. The smallest absolute Gasteiger partial charge is 0.152 e. The Labute approximate surface area is 129 Å². The Hall–Kier alpha value is -1.69. The van der Waals surface area contributed by atoms with E-state index in [9.17, 15) is 0 Å². The number of halogens is 1. The van der Waals surface area contributed by atoms with Crippen LogP contribution in [-0.2, 0) is 18.5 Å². The van der Waals surface area contributed by atoms with Crippen molar-refractivity contribution in [3.63, 3.8) is 0 Å². The molecule has 6 nitrogen and oxygen atoms in total. The van der Waals surface area contributed by atoms with Gasteiger partial charge in [-0.05, 0) is 6.92 Å². The van der Waals surface area contributed by atoms with Gasteiger partial charge >= 0.3 is 0 Å². The molecule has 0 atom stereocenters. The van der Waals surface area contributed by atoms with Gasteiger partial charge in [-0.3, -0.25) is 0 Å². The van der Waals surface area contributed by atoms with Crippen LogP contribution in [0, 0.1) is 6.92 Å². The van der Waals surface area contributed by atoms with E-state index in [1.807, 2.05) is 6.92 Å². The topological polar surface area (TPSA) is 59.7 Å². The number of anilines is 1. The molecular formula is C14H19ClN6. The normalized spacial score (nSPS) is 15.2. The Morgan fingerprint density at radius 1 is 1.19 bits per heavy atom. The van der Waals surface area contributed by atoms with E-state index in [-0.39, 0.29) is 5.41 Å². The van der Waals surface area contributed by atoms with Crippen molar-refractivity contribution in [2.45, 2.75) is 46.2 Å². The van der Waals surface area contributed by atoms with Crippen molar-refractivity contribution in [1.29, 1.82) is 0 Å². The molecule has 3 heterocycles. The Morgan fingerprint density at radius 2 is 1.95 bits per heavy atom. The molecule has 112 valence electrons. The van der Waals surface area contributed by atoms with Gasteiger partial charge < -0.3 is 9.47 Å². The molecule has 0 saturated heterocycles. The van der Waals surface area contributed by atoms with Crippen molar-refractivity contribution in [2.24, 2.45) is 0 Å². The average molecular weight is 307 g/mol. The molecule has 0 aromatic carbocycles. The van der Waals surface area contributed by atoms with E-state index in [0.717, 1.165) is 36.1 Å². The lowest BCUT2D eigenvalue weighted by Crippen LogP contribution is -2.35. The lowest BCUT2D eigenvalue weighted by Gasteiger charge is -2.30. The molecule has 3 rings (SSSR count).